The molecule has 0 saturated heterocycles. The first-order chi connectivity index (χ1) is 10.6. The molecule has 3 N–H and O–H groups in total. The third kappa shape index (κ3) is 9.64. The lowest BCUT2D eigenvalue weighted by atomic mass is 9.95. The second-order valence-electron chi connectivity index (χ2n) is 6.03. The van der Waals surface area contributed by atoms with Crippen LogP contribution >= 0.6 is 35.7 Å². The van der Waals surface area contributed by atoms with Gasteiger partial charge in [-0.2, -0.15) is 11.8 Å². The lowest BCUT2D eigenvalue weighted by Gasteiger charge is -2.30. The minimum Gasteiger partial charge on any atom is -0.355 e. The first-order valence-corrected chi connectivity index (χ1v) is 9.48. The van der Waals surface area contributed by atoms with Crippen LogP contribution in [0, 0.1) is 5.92 Å². The third-order valence-electron chi connectivity index (χ3n) is 3.83. The van der Waals surface area contributed by atoms with Gasteiger partial charge in [-0.05, 0) is 25.0 Å². The number of carbonyl (C=O) groups excluding carboxylic acids is 1. The molecule has 1 saturated carbocycles. The molecule has 0 aliphatic heterocycles. The molecule has 1 aliphatic rings. The molecule has 7 heteroatoms. The molecule has 2 unspecified atom stereocenters. The predicted octanol–water partition coefficient (Wildman–Crippen LogP) is 2.61. The molecule has 0 radical (unpaired) electrons. The van der Waals surface area contributed by atoms with Crippen LogP contribution < -0.4 is 16.0 Å². The van der Waals surface area contributed by atoms with E-state index in [1.807, 2.05) is 13.8 Å². The second kappa shape index (κ2) is 13.1. The molecule has 0 spiro atoms. The molecule has 5 nitrogen and oxygen atoms in total. The molecule has 0 heterocycles. The van der Waals surface area contributed by atoms with Crippen LogP contribution in [0.2, 0.25) is 0 Å². The van der Waals surface area contributed by atoms with Crippen molar-refractivity contribution in [2.75, 3.05) is 25.9 Å². The highest BCUT2D eigenvalue weighted by Gasteiger charge is 2.22. The first-order valence-electron chi connectivity index (χ1n) is 8.43. The number of aliphatic imine (C=N–C) groups is 1. The number of nitrogens with zero attached hydrogens (tertiary/aromatic N) is 1. The summed E-state index contributed by atoms with van der Waals surface area (Å²) in [6, 6.07) is 0.509. The van der Waals surface area contributed by atoms with E-state index in [0.29, 0.717) is 19.1 Å². The Bertz CT molecular complexity index is 364. The molecular weight excluding hydrogens is 423 g/mol. The van der Waals surface area contributed by atoms with Crippen LogP contribution in [0.3, 0.4) is 0 Å². The summed E-state index contributed by atoms with van der Waals surface area (Å²) in [6.45, 7) is 7.34. The molecule has 23 heavy (non-hydrogen) atoms. The minimum atomic E-state index is 0. The molecule has 0 aromatic carbocycles. The number of rotatable bonds is 7. The van der Waals surface area contributed by atoms with Gasteiger partial charge >= 0.3 is 0 Å². The van der Waals surface area contributed by atoms with Crippen molar-refractivity contribution < 1.29 is 4.79 Å². The van der Waals surface area contributed by atoms with E-state index in [0.717, 1.165) is 11.2 Å². The zero-order valence-corrected chi connectivity index (χ0v) is 18.0. The number of nitrogens with one attached hydrogen (secondary N) is 3. The number of hydrogen-bond donors (Lipinski definition) is 3. The van der Waals surface area contributed by atoms with Gasteiger partial charge in [-0.3, -0.25) is 9.79 Å². The van der Waals surface area contributed by atoms with E-state index in [2.05, 4.69) is 39.6 Å². The van der Waals surface area contributed by atoms with Crippen LogP contribution in [0.1, 0.15) is 46.5 Å². The summed E-state index contributed by atoms with van der Waals surface area (Å²) in [7, 11) is 1.79. The monoisotopic (exact) mass is 456 g/mol. The summed E-state index contributed by atoms with van der Waals surface area (Å²) in [5, 5.41) is 10.5. The summed E-state index contributed by atoms with van der Waals surface area (Å²) in [4.78, 5) is 15.8. The summed E-state index contributed by atoms with van der Waals surface area (Å²) in [6.07, 6.45) is 5.05. The second-order valence-corrected chi connectivity index (χ2v) is 7.61. The Morgan fingerprint density at radius 1 is 1.26 bits per heavy atom. The third-order valence-corrected chi connectivity index (χ3v) is 5.07. The highest BCUT2D eigenvalue weighted by Crippen LogP contribution is 2.28. The van der Waals surface area contributed by atoms with Crippen LogP contribution in [0.25, 0.3) is 0 Å². The van der Waals surface area contributed by atoms with Gasteiger partial charge in [0.15, 0.2) is 5.96 Å². The topological polar surface area (TPSA) is 65.5 Å². The van der Waals surface area contributed by atoms with Gasteiger partial charge in [-0.25, -0.2) is 0 Å². The maximum Gasteiger partial charge on any atom is 0.222 e. The fraction of sp³-hybridized carbons (Fsp3) is 0.875. The number of hydrogen-bond acceptors (Lipinski definition) is 3. The molecule has 1 aliphatic carbocycles. The van der Waals surface area contributed by atoms with Crippen molar-refractivity contribution in [2.45, 2.75) is 57.7 Å². The quantitative estimate of drug-likeness (QED) is 0.239. The van der Waals surface area contributed by atoms with Crippen molar-refractivity contribution in [3.8, 4) is 0 Å². The van der Waals surface area contributed by atoms with Crippen molar-refractivity contribution >= 4 is 47.6 Å². The molecule has 0 bridgehead atoms. The molecule has 1 rings (SSSR count). The van der Waals surface area contributed by atoms with Gasteiger partial charge in [0, 0.05) is 37.3 Å². The standard InChI is InChI=1S/C16H32N4OS.HI/c1-5-22-14-8-6-7-13(11-14)20-16(17-4)19-10-9-18-15(21)12(2)3;/h12-14H,5-11H2,1-4H3,(H,18,21)(H2,17,19,20);1H. The van der Waals surface area contributed by atoms with Gasteiger partial charge in [-0.15, -0.1) is 24.0 Å². The number of carbonyl (C=O) groups is 1. The van der Waals surface area contributed by atoms with Crippen molar-refractivity contribution in [1.29, 1.82) is 0 Å². The largest absolute Gasteiger partial charge is 0.355 e. The van der Waals surface area contributed by atoms with Crippen LogP contribution in [0.15, 0.2) is 4.99 Å². The summed E-state index contributed by atoms with van der Waals surface area (Å²) in [5.41, 5.74) is 0. The molecule has 1 fully saturated rings. The Morgan fingerprint density at radius 3 is 2.57 bits per heavy atom. The van der Waals surface area contributed by atoms with E-state index in [-0.39, 0.29) is 35.8 Å². The molecule has 2 atom stereocenters. The Balaban J connectivity index is 0.00000484. The van der Waals surface area contributed by atoms with Gasteiger partial charge in [0.2, 0.25) is 5.91 Å². The Hall–Kier alpha value is -0.180. The number of amides is 1. The molecule has 0 aromatic heterocycles. The Kier molecular flexibility index (Phi) is 13.0. The normalized spacial score (nSPS) is 21.5. The van der Waals surface area contributed by atoms with Gasteiger partial charge < -0.3 is 16.0 Å². The van der Waals surface area contributed by atoms with Crippen LogP contribution in [0.4, 0.5) is 0 Å². The van der Waals surface area contributed by atoms with Crippen molar-refractivity contribution in [1.82, 2.24) is 16.0 Å². The average Bonchev–Trinajstić information content (AvgIpc) is 2.50. The lowest BCUT2D eigenvalue weighted by molar-refractivity contribution is -0.123. The first kappa shape index (κ1) is 22.8. The summed E-state index contributed by atoms with van der Waals surface area (Å²) >= 11 is 2.07. The maximum absolute atomic E-state index is 11.5. The van der Waals surface area contributed by atoms with E-state index in [1.165, 1.54) is 31.4 Å². The molecular formula is C16H33IN4OS. The van der Waals surface area contributed by atoms with Crippen molar-refractivity contribution in [3.05, 3.63) is 0 Å². The summed E-state index contributed by atoms with van der Waals surface area (Å²) in [5.74, 6) is 2.16. The fourth-order valence-electron chi connectivity index (χ4n) is 2.62. The Labute approximate surface area is 162 Å². The average molecular weight is 456 g/mol. The van der Waals surface area contributed by atoms with E-state index in [4.69, 9.17) is 0 Å². The van der Waals surface area contributed by atoms with Gasteiger partial charge in [0.25, 0.3) is 0 Å². The number of guanidine groups is 1. The van der Waals surface area contributed by atoms with Crippen molar-refractivity contribution in [2.24, 2.45) is 10.9 Å². The minimum absolute atomic E-state index is 0. The van der Waals surface area contributed by atoms with Crippen molar-refractivity contribution in [3.63, 3.8) is 0 Å². The van der Waals surface area contributed by atoms with E-state index in [1.54, 1.807) is 7.05 Å². The van der Waals surface area contributed by atoms with Gasteiger partial charge in [-0.1, -0.05) is 27.2 Å². The molecule has 0 aromatic rings. The SMILES string of the molecule is CCSC1CCCC(NC(=NC)NCCNC(=O)C(C)C)C1.I. The van der Waals surface area contributed by atoms with E-state index >= 15 is 0 Å². The Morgan fingerprint density at radius 2 is 1.96 bits per heavy atom. The number of thioether (sulfide) groups is 1. The molecule has 1 amide bonds. The smallest absolute Gasteiger partial charge is 0.222 e. The van der Waals surface area contributed by atoms with E-state index < -0.39 is 0 Å². The van der Waals surface area contributed by atoms with Crippen LogP contribution in [-0.2, 0) is 4.79 Å². The summed E-state index contributed by atoms with van der Waals surface area (Å²) < 4.78 is 0. The van der Waals surface area contributed by atoms with Crippen LogP contribution in [-0.4, -0.2) is 49.0 Å². The predicted molar refractivity (Wildman–Crippen MR) is 112 cm³/mol. The highest BCUT2D eigenvalue weighted by atomic mass is 127. The highest BCUT2D eigenvalue weighted by molar-refractivity contribution is 14.0. The molecule has 136 valence electrons. The maximum atomic E-state index is 11.5. The van der Waals surface area contributed by atoms with Crippen LogP contribution in [0.5, 0.6) is 0 Å². The van der Waals surface area contributed by atoms with Gasteiger partial charge in [0.05, 0.1) is 0 Å². The zero-order chi connectivity index (χ0) is 16.4. The lowest BCUT2D eigenvalue weighted by Crippen LogP contribution is -2.47. The number of halogens is 1. The van der Waals surface area contributed by atoms with Gasteiger partial charge in [0.1, 0.15) is 0 Å². The fourth-order valence-corrected chi connectivity index (χ4v) is 3.79. The van der Waals surface area contributed by atoms with E-state index in [9.17, 15) is 4.79 Å². The zero-order valence-electron chi connectivity index (χ0n) is 14.9.